The topological polar surface area (TPSA) is 197 Å². The van der Waals surface area contributed by atoms with Crippen LogP contribution in [0.15, 0.2) is 59.5 Å². The van der Waals surface area contributed by atoms with Crippen molar-refractivity contribution < 1.29 is 51.2 Å². The fourth-order valence-corrected chi connectivity index (χ4v) is 11.9. The van der Waals surface area contributed by atoms with E-state index in [0.717, 1.165) is 35.7 Å². The summed E-state index contributed by atoms with van der Waals surface area (Å²) in [6, 6.07) is 7.67. The Labute approximate surface area is 396 Å². The Kier molecular flexibility index (Phi) is 17.6. The number of benzene rings is 2. The van der Waals surface area contributed by atoms with Crippen LogP contribution in [-0.2, 0) is 43.2 Å². The van der Waals surface area contributed by atoms with Gasteiger partial charge in [0, 0.05) is 80.3 Å². The molecule has 3 aliphatic heterocycles. The molecule has 0 aliphatic carbocycles. The lowest BCUT2D eigenvalue weighted by Crippen LogP contribution is -2.61. The zero-order valence-electron chi connectivity index (χ0n) is 37.6. The summed E-state index contributed by atoms with van der Waals surface area (Å²) in [7, 11) is -5.30. The Morgan fingerprint density at radius 2 is 1.55 bits per heavy atom. The Balaban J connectivity index is 1.22. The van der Waals surface area contributed by atoms with Gasteiger partial charge in [0.25, 0.3) is 5.91 Å². The third kappa shape index (κ3) is 12.2. The van der Waals surface area contributed by atoms with Gasteiger partial charge in [0.2, 0.25) is 29.3 Å². The van der Waals surface area contributed by atoms with Gasteiger partial charge in [-0.1, -0.05) is 55.6 Å². The number of aromatic nitrogens is 1. The van der Waals surface area contributed by atoms with Crippen molar-refractivity contribution in [1.29, 1.82) is 0 Å². The zero-order chi connectivity index (χ0) is 48.5. The maximum atomic E-state index is 16.5. The first-order valence-electron chi connectivity index (χ1n) is 22.3. The first-order valence-corrected chi connectivity index (χ1v) is 25.9. The third-order valence-corrected chi connectivity index (χ3v) is 15.9. The predicted octanol–water partition coefficient (Wildman–Crippen LogP) is 6.55. The Morgan fingerprint density at radius 1 is 0.881 bits per heavy atom. The van der Waals surface area contributed by atoms with E-state index >= 15 is 8.78 Å². The quantitative estimate of drug-likeness (QED) is 0.0794. The number of hydrogen-bond acceptors (Lipinski definition) is 12. The molecule has 16 nitrogen and oxygen atoms in total. The molecule has 3 fully saturated rings. The predicted molar refractivity (Wildman–Crippen MR) is 251 cm³/mol. The van der Waals surface area contributed by atoms with E-state index in [1.165, 1.54) is 53.3 Å². The standard InChI is InChI=1S/C46H55F2N6O10PS2/c1-5-7-41(57)66-21-19-63-65(62,64-20-22-67-42(58)8-6-2)46(47,48)34-12-11-30-9-10-32(23-33(30)24-34)43(59)51-38-28-52(29(3)55)18-16-35-13-14-39(54(35)44(38)60)45(61)53-26-36(37(27-53)49-4)31-15-17-50-40(56)25-31/h9-12,15,17,23-25,35-39H,5-8,13-14,16,18-22,26-28H2,1-3H3,(H,50,56)(H,51,59)/t35-,36+,37-,38+,39+/m1/s1. The van der Waals surface area contributed by atoms with Crippen molar-refractivity contribution in [2.75, 3.05) is 50.9 Å². The van der Waals surface area contributed by atoms with E-state index in [2.05, 4.69) is 15.1 Å². The molecule has 0 spiro atoms. The van der Waals surface area contributed by atoms with Crippen LogP contribution < -0.4 is 10.9 Å². The SMILES string of the molecule is [C-]#[N+][C@@H]1CN(C(=O)[C@@H]2CC[C@@H]3CCN(C(C)=O)C[C@H](NC(=O)c4ccc5ccc(C(F)(F)P(=O)(OCCSC(=O)CCC)OCCSC(=O)CCC)cc5c4)C(=O)N32)C[C@H]1c1cc[nH]c(=O)c1. The Hall–Kier alpha value is -4.93. The van der Waals surface area contributed by atoms with Crippen LogP contribution in [0.25, 0.3) is 15.6 Å². The van der Waals surface area contributed by atoms with Gasteiger partial charge < -0.3 is 38.9 Å². The highest BCUT2D eigenvalue weighted by molar-refractivity contribution is 8.13. The second kappa shape index (κ2) is 22.9. The van der Waals surface area contributed by atoms with Crippen LogP contribution in [0.2, 0.25) is 0 Å². The number of hydrogen-bond donors (Lipinski definition) is 2. The van der Waals surface area contributed by atoms with E-state index in [1.54, 1.807) is 11.0 Å². The number of nitrogens with one attached hydrogen (secondary N) is 2. The van der Waals surface area contributed by atoms with Crippen molar-refractivity contribution in [3.63, 3.8) is 0 Å². The molecule has 0 unspecified atom stereocenters. The highest BCUT2D eigenvalue weighted by Gasteiger charge is 2.55. The van der Waals surface area contributed by atoms with Crippen molar-refractivity contribution in [3.8, 4) is 0 Å². The van der Waals surface area contributed by atoms with Crippen molar-refractivity contribution in [3.05, 3.63) is 93.2 Å². The number of amides is 4. The lowest BCUT2D eigenvalue weighted by Gasteiger charge is -2.39. The van der Waals surface area contributed by atoms with Gasteiger partial charge in [-0.05, 0) is 72.7 Å². The Morgan fingerprint density at radius 3 is 2.18 bits per heavy atom. The fraction of sp³-hybridized carbons (Fsp3) is 0.522. The highest BCUT2D eigenvalue weighted by Crippen LogP contribution is 2.67. The van der Waals surface area contributed by atoms with Gasteiger partial charge in [0.15, 0.2) is 10.2 Å². The maximum absolute atomic E-state index is 16.5. The number of alkyl halides is 2. The van der Waals surface area contributed by atoms with Crippen molar-refractivity contribution >= 4 is 75.8 Å². The molecular weight excluding hydrogens is 930 g/mol. The molecule has 4 amide bonds. The van der Waals surface area contributed by atoms with Gasteiger partial charge in [-0.3, -0.25) is 38.1 Å². The largest absolute Gasteiger partial charge is 0.404 e. The molecule has 0 radical (unpaired) electrons. The van der Waals surface area contributed by atoms with Crippen LogP contribution in [0.5, 0.6) is 0 Å². The Bertz CT molecular complexity index is 2480. The number of rotatable bonds is 18. The number of fused-ring (bicyclic) bond motifs is 2. The molecule has 0 saturated carbocycles. The van der Waals surface area contributed by atoms with Crippen molar-refractivity contribution in [2.24, 2.45) is 0 Å². The minimum atomic E-state index is -5.30. The third-order valence-electron chi connectivity index (χ3n) is 12.1. The number of nitrogens with zero attached hydrogens (tertiary/aromatic N) is 4. The van der Waals surface area contributed by atoms with E-state index in [-0.39, 0.29) is 89.1 Å². The molecule has 4 heterocycles. The van der Waals surface area contributed by atoms with E-state index in [4.69, 9.17) is 15.6 Å². The minimum Gasteiger partial charge on any atom is -0.340 e. The lowest BCUT2D eigenvalue weighted by atomic mass is 9.96. The van der Waals surface area contributed by atoms with E-state index in [0.29, 0.717) is 43.1 Å². The summed E-state index contributed by atoms with van der Waals surface area (Å²) >= 11 is 1.74. The molecule has 3 aliphatic rings. The molecule has 360 valence electrons. The van der Waals surface area contributed by atoms with Crippen molar-refractivity contribution in [2.45, 2.75) is 101 Å². The summed E-state index contributed by atoms with van der Waals surface area (Å²) < 4.78 is 57.7. The van der Waals surface area contributed by atoms with Crippen LogP contribution in [0.3, 0.4) is 0 Å². The van der Waals surface area contributed by atoms with Gasteiger partial charge in [0.1, 0.15) is 12.1 Å². The summed E-state index contributed by atoms with van der Waals surface area (Å²) in [5.41, 5.74) is -4.67. The summed E-state index contributed by atoms with van der Waals surface area (Å²) in [4.78, 5) is 103. The van der Waals surface area contributed by atoms with Crippen LogP contribution in [0, 0.1) is 6.57 Å². The van der Waals surface area contributed by atoms with Gasteiger partial charge in [-0.15, -0.1) is 0 Å². The molecule has 0 bridgehead atoms. The average Bonchev–Trinajstić information content (AvgIpc) is 3.94. The number of halogens is 2. The monoisotopic (exact) mass is 984 g/mol. The molecule has 6 rings (SSSR count). The van der Waals surface area contributed by atoms with Crippen LogP contribution in [0.1, 0.15) is 93.1 Å². The number of H-pyrrole nitrogens is 1. The van der Waals surface area contributed by atoms with Crippen LogP contribution >= 0.6 is 31.1 Å². The molecule has 1 aromatic heterocycles. The minimum absolute atomic E-state index is 0.0194. The van der Waals surface area contributed by atoms with Crippen molar-refractivity contribution in [1.82, 2.24) is 25.0 Å². The van der Waals surface area contributed by atoms with E-state index in [9.17, 15) is 38.1 Å². The molecule has 2 N–H and O–H groups in total. The van der Waals surface area contributed by atoms with Gasteiger partial charge in [-0.2, -0.15) is 8.78 Å². The maximum Gasteiger partial charge on any atom is 0.404 e. The second-order valence-electron chi connectivity index (χ2n) is 16.7. The van der Waals surface area contributed by atoms with Gasteiger partial charge in [-0.25, -0.2) is 6.57 Å². The molecule has 5 atom stereocenters. The average molecular weight is 985 g/mol. The number of thioether (sulfide) groups is 2. The first kappa shape index (κ1) is 51.5. The number of carbonyl (C=O) groups is 6. The summed E-state index contributed by atoms with van der Waals surface area (Å²) in [5.74, 6) is -2.52. The van der Waals surface area contributed by atoms with Crippen LogP contribution in [-0.4, -0.2) is 129 Å². The van der Waals surface area contributed by atoms with Crippen LogP contribution in [0.4, 0.5) is 8.78 Å². The molecule has 3 aromatic rings. The summed E-state index contributed by atoms with van der Waals surface area (Å²) in [6.45, 7) is 12.2. The summed E-state index contributed by atoms with van der Waals surface area (Å²) in [5, 5.41) is 3.00. The number of likely N-dealkylation sites (tertiary alicyclic amines) is 1. The zero-order valence-corrected chi connectivity index (χ0v) is 40.1. The normalized spacial score (nSPS) is 21.1. The smallest absolute Gasteiger partial charge is 0.340 e. The molecule has 2 aromatic carbocycles. The number of carbonyl (C=O) groups excluding carboxylic acids is 6. The molecule has 21 heteroatoms. The number of pyridine rings is 1. The van der Waals surface area contributed by atoms with Gasteiger partial charge >= 0.3 is 13.3 Å². The molecular formula is C46H55F2N6O10PS2. The highest BCUT2D eigenvalue weighted by atomic mass is 32.2. The second-order valence-corrected chi connectivity index (χ2v) is 21.1. The lowest BCUT2D eigenvalue weighted by molar-refractivity contribution is -0.148. The molecule has 3 saturated heterocycles. The van der Waals surface area contributed by atoms with Gasteiger partial charge in [0.05, 0.1) is 25.7 Å². The number of aromatic amines is 1. The summed E-state index contributed by atoms with van der Waals surface area (Å²) in [6.07, 6.45) is 4.41. The van der Waals surface area contributed by atoms with E-state index < -0.39 is 73.9 Å². The first-order chi connectivity index (χ1) is 32.0. The molecule has 67 heavy (non-hydrogen) atoms. The fourth-order valence-electron chi connectivity index (χ4n) is 8.69. The van der Waals surface area contributed by atoms with E-state index in [1.807, 2.05) is 13.8 Å².